The molecule has 4 nitrogen and oxygen atoms in total. The lowest BCUT2D eigenvalue weighted by molar-refractivity contribution is -0.123. The minimum absolute atomic E-state index is 0. The molecule has 0 radical (unpaired) electrons. The number of nitrogens with one attached hydrogen (secondary N) is 1. The monoisotopic (exact) mass is 465 g/mol. The maximum atomic E-state index is 11.6. The van der Waals surface area contributed by atoms with Gasteiger partial charge in [-0.2, -0.15) is 0 Å². The SMILES string of the molecule is Cc1cc(C)cc(NC(N)=NCC2(O)C3C4CC5C6C4CC3C6C52)c1.I. The lowest BCUT2D eigenvalue weighted by Gasteiger charge is -2.51. The van der Waals surface area contributed by atoms with Crippen molar-refractivity contribution in [1.29, 1.82) is 0 Å². The molecule has 26 heavy (non-hydrogen) atoms. The number of hydrogen-bond acceptors (Lipinski definition) is 2. The molecule has 4 N–H and O–H groups in total. The van der Waals surface area contributed by atoms with Gasteiger partial charge in [-0.15, -0.1) is 24.0 Å². The highest BCUT2D eigenvalue weighted by atomic mass is 127. The summed E-state index contributed by atoms with van der Waals surface area (Å²) >= 11 is 0. The number of nitrogens with two attached hydrogens (primary N) is 1. The highest BCUT2D eigenvalue weighted by Crippen LogP contribution is 2.85. The van der Waals surface area contributed by atoms with Crippen LogP contribution >= 0.6 is 24.0 Å². The maximum Gasteiger partial charge on any atom is 0.193 e. The fraction of sp³-hybridized carbons (Fsp3) is 0.667. The first-order valence-electron chi connectivity index (χ1n) is 9.85. The molecule has 5 saturated carbocycles. The van der Waals surface area contributed by atoms with E-state index in [9.17, 15) is 5.11 Å². The summed E-state index contributed by atoms with van der Waals surface area (Å²) in [7, 11) is 0. The van der Waals surface area contributed by atoms with Gasteiger partial charge in [0.15, 0.2) is 5.96 Å². The number of hydrogen-bond donors (Lipinski definition) is 3. The Morgan fingerprint density at radius 2 is 1.73 bits per heavy atom. The van der Waals surface area contributed by atoms with Crippen LogP contribution in [-0.4, -0.2) is 23.2 Å². The fourth-order valence-electron chi connectivity index (χ4n) is 8.38. The second kappa shape index (κ2) is 5.37. The number of fused-ring (bicyclic) bond motifs is 2. The van der Waals surface area contributed by atoms with Crippen LogP contribution in [0.2, 0.25) is 0 Å². The quantitative estimate of drug-likeness (QED) is 0.365. The van der Waals surface area contributed by atoms with Crippen molar-refractivity contribution >= 4 is 35.6 Å². The van der Waals surface area contributed by atoms with E-state index in [1.807, 2.05) is 0 Å². The highest BCUT2D eigenvalue weighted by molar-refractivity contribution is 14.0. The first kappa shape index (κ1) is 17.3. The third-order valence-corrected chi connectivity index (χ3v) is 8.52. The van der Waals surface area contributed by atoms with Gasteiger partial charge in [0.1, 0.15) is 0 Å². The molecule has 5 heteroatoms. The molecule has 0 saturated heterocycles. The van der Waals surface area contributed by atoms with E-state index < -0.39 is 5.60 Å². The Labute approximate surface area is 172 Å². The van der Waals surface area contributed by atoms with Crippen LogP contribution in [0.25, 0.3) is 0 Å². The van der Waals surface area contributed by atoms with E-state index in [0.717, 1.165) is 41.2 Å². The Hall–Kier alpha value is -0.820. The van der Waals surface area contributed by atoms with Crippen molar-refractivity contribution < 1.29 is 5.11 Å². The fourth-order valence-corrected chi connectivity index (χ4v) is 8.38. The molecule has 0 heterocycles. The molecular weight excluding hydrogens is 437 g/mol. The number of aliphatic imine (C=N–C) groups is 1. The number of rotatable bonds is 3. The zero-order valence-electron chi connectivity index (χ0n) is 15.4. The van der Waals surface area contributed by atoms with E-state index in [2.05, 4.69) is 42.4 Å². The summed E-state index contributed by atoms with van der Waals surface area (Å²) in [5.41, 5.74) is 8.96. The van der Waals surface area contributed by atoms with Gasteiger partial charge in [0.05, 0.1) is 12.1 Å². The summed E-state index contributed by atoms with van der Waals surface area (Å²) in [6.07, 6.45) is 2.78. The van der Waals surface area contributed by atoms with Crippen LogP contribution in [-0.2, 0) is 0 Å². The van der Waals surface area contributed by atoms with Crippen LogP contribution in [0.1, 0.15) is 24.0 Å². The average Bonchev–Trinajstić information content (AvgIpc) is 3.03. The van der Waals surface area contributed by atoms with Crippen molar-refractivity contribution in [3.05, 3.63) is 29.3 Å². The van der Waals surface area contributed by atoms with Gasteiger partial charge >= 0.3 is 0 Å². The van der Waals surface area contributed by atoms with Crippen molar-refractivity contribution in [2.45, 2.75) is 32.3 Å². The molecule has 0 amide bonds. The van der Waals surface area contributed by atoms with E-state index in [-0.39, 0.29) is 24.0 Å². The van der Waals surface area contributed by atoms with Gasteiger partial charge in [0.2, 0.25) is 0 Å². The van der Waals surface area contributed by atoms with Crippen LogP contribution < -0.4 is 11.1 Å². The standard InChI is InChI=1S/C21H27N3O.HI/c1-9-3-10(2)5-11(4-9)24-20(22)23-8-21(25)18-13-7-14-16-12(13)6-15(18)17(16)19(14)21;/h3-5,12-19,25H,6-8H2,1-2H3,(H3,22,23,24);1H. The van der Waals surface area contributed by atoms with Gasteiger partial charge < -0.3 is 16.2 Å². The van der Waals surface area contributed by atoms with Gasteiger partial charge in [0, 0.05) is 5.69 Å². The van der Waals surface area contributed by atoms with Crippen molar-refractivity contribution in [1.82, 2.24) is 0 Å². The summed E-state index contributed by atoms with van der Waals surface area (Å²) < 4.78 is 0. The smallest absolute Gasteiger partial charge is 0.193 e. The molecule has 5 aliphatic carbocycles. The molecule has 5 fully saturated rings. The van der Waals surface area contributed by atoms with Gasteiger partial charge in [-0.1, -0.05) is 6.07 Å². The number of anilines is 1. The van der Waals surface area contributed by atoms with E-state index in [1.165, 1.54) is 24.0 Å². The maximum absolute atomic E-state index is 11.6. The van der Waals surface area contributed by atoms with Gasteiger partial charge in [0.25, 0.3) is 0 Å². The first-order chi connectivity index (χ1) is 12.0. The van der Waals surface area contributed by atoms with E-state index in [4.69, 9.17) is 5.73 Å². The van der Waals surface area contributed by atoms with Crippen LogP contribution in [0.3, 0.4) is 0 Å². The topological polar surface area (TPSA) is 70.6 Å². The summed E-state index contributed by atoms with van der Waals surface area (Å²) in [6.45, 7) is 4.64. The van der Waals surface area contributed by atoms with E-state index in [1.54, 1.807) is 0 Å². The molecule has 2 bridgehead atoms. The molecule has 5 aliphatic rings. The third kappa shape index (κ3) is 1.91. The highest BCUT2D eigenvalue weighted by Gasteiger charge is 2.84. The molecule has 6 rings (SSSR count). The Bertz CT molecular complexity index is 784. The van der Waals surface area contributed by atoms with Crippen LogP contribution in [0, 0.1) is 61.2 Å². The molecule has 0 aromatic heterocycles. The average molecular weight is 465 g/mol. The summed E-state index contributed by atoms with van der Waals surface area (Å²) in [5, 5.41) is 14.8. The van der Waals surface area contributed by atoms with Crippen molar-refractivity contribution in [3.8, 4) is 0 Å². The van der Waals surface area contributed by atoms with E-state index >= 15 is 0 Å². The van der Waals surface area contributed by atoms with Gasteiger partial charge in [-0.05, 0) is 97.3 Å². The minimum Gasteiger partial charge on any atom is -0.387 e. The zero-order chi connectivity index (χ0) is 17.1. The zero-order valence-corrected chi connectivity index (χ0v) is 17.7. The molecule has 0 spiro atoms. The number of nitrogens with zero attached hydrogens (tertiary/aromatic N) is 1. The summed E-state index contributed by atoms with van der Waals surface area (Å²) in [5.74, 6) is 6.50. The lowest BCUT2D eigenvalue weighted by Crippen LogP contribution is -2.56. The van der Waals surface area contributed by atoms with Crippen LogP contribution in [0.5, 0.6) is 0 Å². The van der Waals surface area contributed by atoms with Crippen molar-refractivity contribution in [2.75, 3.05) is 11.9 Å². The van der Waals surface area contributed by atoms with Crippen LogP contribution in [0.4, 0.5) is 5.69 Å². The lowest BCUT2D eigenvalue weighted by atomic mass is 9.56. The number of aliphatic hydroxyl groups is 1. The van der Waals surface area contributed by atoms with Gasteiger partial charge in [-0.25, -0.2) is 0 Å². The van der Waals surface area contributed by atoms with Gasteiger partial charge in [-0.3, -0.25) is 4.99 Å². The second-order valence-corrected chi connectivity index (χ2v) is 9.53. The third-order valence-electron chi connectivity index (χ3n) is 8.52. The van der Waals surface area contributed by atoms with Crippen LogP contribution in [0.15, 0.2) is 23.2 Å². The molecule has 140 valence electrons. The Balaban J connectivity index is 0.00000150. The normalized spacial score (nSPS) is 48.7. The Morgan fingerprint density at radius 3 is 2.46 bits per heavy atom. The molecule has 1 aromatic rings. The van der Waals surface area contributed by atoms with Crippen molar-refractivity contribution in [2.24, 2.45) is 58.1 Å². The summed E-state index contributed by atoms with van der Waals surface area (Å²) in [4.78, 5) is 4.61. The minimum atomic E-state index is -0.584. The molecule has 0 aliphatic heterocycles. The molecular formula is C21H28IN3O. The Kier molecular flexibility index (Phi) is 3.57. The van der Waals surface area contributed by atoms with Crippen molar-refractivity contribution in [3.63, 3.8) is 0 Å². The first-order valence-corrected chi connectivity index (χ1v) is 9.85. The van der Waals surface area contributed by atoms with E-state index in [0.29, 0.717) is 24.3 Å². The second-order valence-electron chi connectivity index (χ2n) is 9.53. The molecule has 1 aromatic carbocycles. The largest absolute Gasteiger partial charge is 0.387 e. The number of guanidine groups is 1. The number of halogens is 1. The number of benzene rings is 1. The molecule has 9 unspecified atom stereocenters. The number of aryl methyl sites for hydroxylation is 2. The summed E-state index contributed by atoms with van der Waals surface area (Å²) in [6, 6.07) is 6.30. The predicted octanol–water partition coefficient (Wildman–Crippen LogP) is 3.16. The Morgan fingerprint density at radius 1 is 1.08 bits per heavy atom. The predicted molar refractivity (Wildman–Crippen MR) is 114 cm³/mol. The molecule has 9 atom stereocenters.